The van der Waals surface area contributed by atoms with Crippen molar-refractivity contribution in [2.75, 3.05) is 6.61 Å². The number of fused-ring (bicyclic) bond motifs is 1. The Morgan fingerprint density at radius 2 is 1.79 bits per heavy atom. The predicted molar refractivity (Wildman–Crippen MR) is 146 cm³/mol. The molecule has 2 N–H and O–H groups in total. The van der Waals surface area contributed by atoms with Crippen molar-refractivity contribution in [1.29, 1.82) is 0 Å². The minimum atomic E-state index is 0.0254. The predicted octanol–water partition coefficient (Wildman–Crippen LogP) is 3.62. The Bertz CT molecular complexity index is 1750. The molecule has 0 amide bonds. The average Bonchev–Trinajstić information content (AvgIpc) is 3.70. The van der Waals surface area contributed by atoms with Crippen LogP contribution in [0.5, 0.6) is 0 Å². The average molecular weight is 521 g/mol. The summed E-state index contributed by atoms with van der Waals surface area (Å²) in [4.78, 5) is 9.69. The number of nitrogens with one attached hydrogen (secondary N) is 1. The lowest BCUT2D eigenvalue weighted by molar-refractivity contribution is 0.298. The van der Waals surface area contributed by atoms with Gasteiger partial charge in [-0.3, -0.25) is 0 Å². The van der Waals surface area contributed by atoms with Crippen LogP contribution in [0.2, 0.25) is 0 Å². The van der Waals surface area contributed by atoms with E-state index in [1.54, 1.807) is 4.68 Å². The van der Waals surface area contributed by atoms with Gasteiger partial charge in [0.05, 0.1) is 24.1 Å². The number of aliphatic hydroxyl groups is 1. The zero-order chi connectivity index (χ0) is 26.9. The van der Waals surface area contributed by atoms with Gasteiger partial charge in [-0.25, -0.2) is 19.7 Å². The second-order valence-corrected chi connectivity index (χ2v) is 9.53. The maximum absolute atomic E-state index is 9.24. The van der Waals surface area contributed by atoms with Crippen LogP contribution in [0.25, 0.3) is 39.4 Å². The number of tetrazole rings is 1. The number of aryl methyl sites for hydroxylation is 3. The maximum atomic E-state index is 9.24. The number of aliphatic hydroxyl groups excluding tert-OH is 1. The van der Waals surface area contributed by atoms with E-state index in [9.17, 15) is 5.11 Å². The molecule has 4 aromatic heterocycles. The summed E-state index contributed by atoms with van der Waals surface area (Å²) in [5, 5.41) is 32.2. The first-order valence-corrected chi connectivity index (χ1v) is 12.9. The smallest absolute Gasteiger partial charge is 0.180 e. The molecule has 0 spiro atoms. The minimum Gasteiger partial charge on any atom is -0.396 e. The highest BCUT2D eigenvalue weighted by Crippen LogP contribution is 2.32. The van der Waals surface area contributed by atoms with Gasteiger partial charge in [0.15, 0.2) is 11.5 Å². The molecule has 0 saturated heterocycles. The third-order valence-electron chi connectivity index (χ3n) is 6.80. The summed E-state index contributed by atoms with van der Waals surface area (Å²) in [5.41, 5.74) is 9.58. The molecule has 6 aromatic rings. The van der Waals surface area contributed by atoms with E-state index >= 15 is 0 Å². The van der Waals surface area contributed by atoms with Crippen molar-refractivity contribution in [3.8, 4) is 28.2 Å². The molecule has 11 nitrogen and oxygen atoms in total. The third-order valence-corrected chi connectivity index (χ3v) is 6.80. The standard InChI is InChI=1S/C28H28N10O/c1-4-25-30-26-17(2)13-18(3)29-28(26)37(25)15-19-5-7-20(8-6-19)24-14-22(38-16-21(11-12-39)31-36-38)9-10-23(24)27-32-34-35-33-27/h5-10,13-14,16,39H,4,11-12,15H2,1-3H3,(H,32,33,34,35). The van der Waals surface area contributed by atoms with Gasteiger partial charge < -0.3 is 9.67 Å². The summed E-state index contributed by atoms with van der Waals surface area (Å²) in [7, 11) is 0. The molecule has 0 unspecified atom stereocenters. The van der Waals surface area contributed by atoms with Gasteiger partial charge in [0.1, 0.15) is 11.3 Å². The molecule has 0 atom stereocenters. The molecular formula is C28H28N10O. The normalized spacial score (nSPS) is 11.5. The highest BCUT2D eigenvalue weighted by atomic mass is 16.3. The summed E-state index contributed by atoms with van der Waals surface area (Å²) < 4.78 is 3.92. The number of H-pyrrole nitrogens is 1. The number of rotatable bonds is 8. The van der Waals surface area contributed by atoms with Gasteiger partial charge >= 0.3 is 0 Å². The fourth-order valence-electron chi connectivity index (χ4n) is 4.90. The number of imidazole rings is 1. The summed E-state index contributed by atoms with van der Waals surface area (Å²) in [6, 6.07) is 16.5. The van der Waals surface area contributed by atoms with Gasteiger partial charge in [-0.05, 0) is 70.8 Å². The highest BCUT2D eigenvalue weighted by molar-refractivity contribution is 5.82. The van der Waals surface area contributed by atoms with Crippen LogP contribution in [-0.2, 0) is 19.4 Å². The van der Waals surface area contributed by atoms with Crippen molar-refractivity contribution < 1.29 is 5.11 Å². The molecule has 2 aromatic carbocycles. The zero-order valence-electron chi connectivity index (χ0n) is 22.0. The Labute approximate surface area is 224 Å². The van der Waals surface area contributed by atoms with Gasteiger partial charge in [0.25, 0.3) is 0 Å². The molecule has 0 saturated carbocycles. The number of aromatic nitrogens is 10. The maximum Gasteiger partial charge on any atom is 0.180 e. The number of hydrogen-bond donors (Lipinski definition) is 2. The van der Waals surface area contributed by atoms with E-state index in [1.807, 2.05) is 31.3 Å². The van der Waals surface area contributed by atoms with Crippen molar-refractivity contribution in [3.63, 3.8) is 0 Å². The fraction of sp³-hybridized carbons (Fsp3) is 0.250. The largest absolute Gasteiger partial charge is 0.396 e. The lowest BCUT2D eigenvalue weighted by atomic mass is 9.97. The van der Waals surface area contributed by atoms with Crippen molar-refractivity contribution >= 4 is 11.2 Å². The van der Waals surface area contributed by atoms with Crippen molar-refractivity contribution in [3.05, 3.63) is 83.1 Å². The van der Waals surface area contributed by atoms with Crippen LogP contribution in [0.3, 0.4) is 0 Å². The van der Waals surface area contributed by atoms with E-state index in [2.05, 4.69) is 79.7 Å². The topological polar surface area (TPSA) is 136 Å². The quantitative estimate of drug-likeness (QED) is 0.311. The van der Waals surface area contributed by atoms with Crippen LogP contribution in [0.4, 0.5) is 0 Å². The molecule has 11 heteroatoms. The molecule has 39 heavy (non-hydrogen) atoms. The van der Waals surface area contributed by atoms with Gasteiger partial charge in [-0.2, -0.15) is 0 Å². The number of nitrogens with zero attached hydrogens (tertiary/aromatic N) is 9. The third kappa shape index (κ3) is 4.68. The Balaban J connectivity index is 1.37. The van der Waals surface area contributed by atoms with Crippen LogP contribution in [0.1, 0.15) is 35.3 Å². The van der Waals surface area contributed by atoms with Crippen LogP contribution in [-0.4, -0.2) is 61.9 Å². The lowest BCUT2D eigenvalue weighted by Gasteiger charge is -2.12. The Kier molecular flexibility index (Phi) is 6.41. The van der Waals surface area contributed by atoms with E-state index in [0.29, 0.717) is 18.8 Å². The first-order valence-electron chi connectivity index (χ1n) is 12.9. The second kappa shape index (κ2) is 10.2. The fourth-order valence-corrected chi connectivity index (χ4v) is 4.90. The van der Waals surface area contributed by atoms with E-state index in [0.717, 1.165) is 68.3 Å². The monoisotopic (exact) mass is 520 g/mol. The van der Waals surface area contributed by atoms with Gasteiger partial charge in [-0.1, -0.05) is 36.4 Å². The van der Waals surface area contributed by atoms with E-state index in [-0.39, 0.29) is 6.61 Å². The van der Waals surface area contributed by atoms with Crippen molar-refractivity contribution in [1.82, 2.24) is 50.2 Å². The first kappa shape index (κ1) is 24.6. The van der Waals surface area contributed by atoms with Gasteiger partial charge in [0.2, 0.25) is 0 Å². The van der Waals surface area contributed by atoms with Crippen LogP contribution in [0.15, 0.2) is 54.7 Å². The number of pyridine rings is 1. The van der Waals surface area contributed by atoms with Crippen LogP contribution in [0, 0.1) is 13.8 Å². The van der Waals surface area contributed by atoms with Crippen LogP contribution < -0.4 is 0 Å². The number of hydrogen-bond acceptors (Lipinski definition) is 8. The molecule has 0 fully saturated rings. The van der Waals surface area contributed by atoms with Crippen LogP contribution >= 0.6 is 0 Å². The molecule has 0 radical (unpaired) electrons. The Hall–Kier alpha value is -4.77. The molecule has 196 valence electrons. The van der Waals surface area contributed by atoms with Gasteiger partial charge in [0, 0.05) is 30.7 Å². The Morgan fingerprint density at radius 1 is 0.949 bits per heavy atom. The Morgan fingerprint density at radius 3 is 2.54 bits per heavy atom. The minimum absolute atomic E-state index is 0.0254. The summed E-state index contributed by atoms with van der Waals surface area (Å²) in [5.74, 6) is 1.60. The molecule has 0 aliphatic heterocycles. The SMILES string of the molecule is CCc1nc2c(C)cc(C)nc2n1Cc1ccc(-c2cc(-n3cc(CCO)nn3)ccc2-c2nnn[nH]2)cc1. The molecular weight excluding hydrogens is 492 g/mol. The molecule has 4 heterocycles. The second-order valence-electron chi connectivity index (χ2n) is 9.53. The zero-order valence-corrected chi connectivity index (χ0v) is 22.0. The van der Waals surface area contributed by atoms with E-state index < -0.39 is 0 Å². The van der Waals surface area contributed by atoms with E-state index in [1.165, 1.54) is 0 Å². The molecule has 6 rings (SSSR count). The molecule has 0 bridgehead atoms. The summed E-state index contributed by atoms with van der Waals surface area (Å²) in [6.45, 7) is 6.94. The lowest BCUT2D eigenvalue weighted by Crippen LogP contribution is -2.05. The highest BCUT2D eigenvalue weighted by Gasteiger charge is 2.16. The summed E-state index contributed by atoms with van der Waals surface area (Å²) >= 11 is 0. The van der Waals surface area contributed by atoms with Crippen molar-refractivity contribution in [2.24, 2.45) is 0 Å². The molecule has 0 aliphatic carbocycles. The first-order chi connectivity index (χ1) is 19.0. The van der Waals surface area contributed by atoms with E-state index in [4.69, 9.17) is 9.97 Å². The molecule has 0 aliphatic rings. The summed E-state index contributed by atoms with van der Waals surface area (Å²) in [6.07, 6.45) is 3.11. The van der Waals surface area contributed by atoms with Gasteiger partial charge in [-0.15, -0.1) is 10.2 Å². The van der Waals surface area contributed by atoms with Crippen molar-refractivity contribution in [2.45, 2.75) is 40.2 Å². The number of aromatic amines is 1. The number of benzene rings is 2.